The van der Waals surface area contributed by atoms with Crippen molar-refractivity contribution in [3.63, 3.8) is 0 Å². The van der Waals surface area contributed by atoms with E-state index in [9.17, 15) is 0 Å². The van der Waals surface area contributed by atoms with E-state index in [0.717, 1.165) is 49.2 Å². The molecule has 0 amide bonds. The van der Waals surface area contributed by atoms with E-state index in [1.165, 1.54) is 9.88 Å². The molecule has 0 atom stereocenters. The summed E-state index contributed by atoms with van der Waals surface area (Å²) in [6, 6.07) is 0. The summed E-state index contributed by atoms with van der Waals surface area (Å²) in [4.78, 5) is 10.4. The Morgan fingerprint density at radius 1 is 1.43 bits per heavy atom. The number of nitrogens with one attached hydrogen (secondary N) is 2. The zero-order valence-corrected chi connectivity index (χ0v) is 14.9. The lowest BCUT2D eigenvalue weighted by atomic mass is 10.4. The number of rotatable bonds is 9. The standard InChI is InChI=1S/C15H26N4S2/c1-5-10-20-11-9-18-15(16-6-2)17-8-7-14-19-12(3)13(4)21-14/h5H,1,6-11H2,2-4H3,(H2,16,17,18). The van der Waals surface area contributed by atoms with Crippen LogP contribution in [-0.2, 0) is 6.42 Å². The van der Waals surface area contributed by atoms with Crippen LogP contribution in [0.3, 0.4) is 0 Å². The van der Waals surface area contributed by atoms with E-state index in [0.29, 0.717) is 0 Å². The van der Waals surface area contributed by atoms with Crippen LogP contribution in [0.5, 0.6) is 0 Å². The number of aliphatic imine (C=N–C) groups is 1. The zero-order valence-electron chi connectivity index (χ0n) is 13.2. The second-order valence-corrected chi connectivity index (χ2v) is 6.99. The fraction of sp³-hybridized carbons (Fsp3) is 0.600. The Balaban J connectivity index is 2.32. The second kappa shape index (κ2) is 10.7. The molecule has 0 fully saturated rings. The topological polar surface area (TPSA) is 49.3 Å². The van der Waals surface area contributed by atoms with Gasteiger partial charge in [-0.3, -0.25) is 4.99 Å². The van der Waals surface area contributed by atoms with Crippen molar-refractivity contribution in [2.24, 2.45) is 4.99 Å². The largest absolute Gasteiger partial charge is 0.357 e. The number of nitrogens with zero attached hydrogens (tertiary/aromatic N) is 2. The van der Waals surface area contributed by atoms with E-state index in [1.807, 2.05) is 17.8 Å². The van der Waals surface area contributed by atoms with Gasteiger partial charge in [0.05, 0.1) is 17.2 Å². The summed E-state index contributed by atoms with van der Waals surface area (Å²) in [5.41, 5.74) is 1.15. The predicted octanol–water partition coefficient (Wildman–Crippen LogP) is 2.78. The lowest BCUT2D eigenvalue weighted by Gasteiger charge is -2.10. The first-order valence-corrected chi connectivity index (χ1v) is 9.28. The first kappa shape index (κ1) is 18.0. The summed E-state index contributed by atoms with van der Waals surface area (Å²) >= 11 is 3.63. The molecule has 118 valence electrons. The zero-order chi connectivity index (χ0) is 15.5. The number of thiazole rings is 1. The van der Waals surface area contributed by atoms with Gasteiger partial charge in [0.2, 0.25) is 0 Å². The molecule has 0 saturated heterocycles. The van der Waals surface area contributed by atoms with Crippen molar-refractivity contribution in [3.8, 4) is 0 Å². The summed E-state index contributed by atoms with van der Waals surface area (Å²) in [5, 5.41) is 7.82. The Bertz CT molecular complexity index is 435. The minimum atomic E-state index is 0.823. The van der Waals surface area contributed by atoms with Crippen molar-refractivity contribution in [2.45, 2.75) is 27.2 Å². The summed E-state index contributed by atoms with van der Waals surface area (Å²) < 4.78 is 0. The number of hydrogen-bond donors (Lipinski definition) is 2. The molecule has 6 heteroatoms. The molecule has 0 aliphatic heterocycles. The molecule has 0 bridgehead atoms. The Kier molecular flexibility index (Phi) is 9.17. The maximum absolute atomic E-state index is 4.56. The molecule has 0 aliphatic rings. The highest BCUT2D eigenvalue weighted by molar-refractivity contribution is 7.99. The first-order valence-electron chi connectivity index (χ1n) is 7.31. The molecule has 1 aromatic rings. The molecule has 2 N–H and O–H groups in total. The van der Waals surface area contributed by atoms with Crippen LogP contribution < -0.4 is 10.6 Å². The predicted molar refractivity (Wildman–Crippen MR) is 96.8 cm³/mol. The van der Waals surface area contributed by atoms with Crippen molar-refractivity contribution in [1.29, 1.82) is 0 Å². The van der Waals surface area contributed by atoms with Crippen molar-refractivity contribution in [3.05, 3.63) is 28.2 Å². The molecular weight excluding hydrogens is 300 g/mol. The maximum atomic E-state index is 4.56. The summed E-state index contributed by atoms with van der Waals surface area (Å²) in [7, 11) is 0. The average Bonchev–Trinajstić information content (AvgIpc) is 2.77. The van der Waals surface area contributed by atoms with Crippen LogP contribution in [0, 0.1) is 13.8 Å². The van der Waals surface area contributed by atoms with Crippen LogP contribution >= 0.6 is 23.1 Å². The van der Waals surface area contributed by atoms with Gasteiger partial charge in [-0.2, -0.15) is 11.8 Å². The lowest BCUT2D eigenvalue weighted by Crippen LogP contribution is -2.38. The van der Waals surface area contributed by atoms with Gasteiger partial charge in [0, 0.05) is 35.9 Å². The van der Waals surface area contributed by atoms with Gasteiger partial charge in [0.25, 0.3) is 0 Å². The highest BCUT2D eigenvalue weighted by atomic mass is 32.2. The fourth-order valence-electron chi connectivity index (χ4n) is 1.66. The monoisotopic (exact) mass is 326 g/mol. The normalized spacial score (nSPS) is 11.5. The molecule has 0 aliphatic carbocycles. The number of aromatic nitrogens is 1. The lowest BCUT2D eigenvalue weighted by molar-refractivity contribution is 0.799. The van der Waals surface area contributed by atoms with Crippen LogP contribution in [0.4, 0.5) is 0 Å². The third kappa shape index (κ3) is 7.52. The van der Waals surface area contributed by atoms with E-state index in [1.54, 1.807) is 11.3 Å². The molecule has 0 radical (unpaired) electrons. The van der Waals surface area contributed by atoms with Gasteiger partial charge in [0.15, 0.2) is 5.96 Å². The van der Waals surface area contributed by atoms with Gasteiger partial charge in [-0.1, -0.05) is 6.08 Å². The molecular formula is C15H26N4S2. The Labute approximate surface area is 136 Å². The van der Waals surface area contributed by atoms with Gasteiger partial charge in [-0.15, -0.1) is 17.9 Å². The third-order valence-electron chi connectivity index (χ3n) is 2.79. The molecule has 4 nitrogen and oxygen atoms in total. The summed E-state index contributed by atoms with van der Waals surface area (Å²) in [6.45, 7) is 12.5. The second-order valence-electron chi connectivity index (χ2n) is 4.55. The van der Waals surface area contributed by atoms with E-state index >= 15 is 0 Å². The van der Waals surface area contributed by atoms with Crippen molar-refractivity contribution in [1.82, 2.24) is 15.6 Å². The van der Waals surface area contributed by atoms with Gasteiger partial charge in [-0.25, -0.2) is 4.98 Å². The smallest absolute Gasteiger partial charge is 0.191 e. The van der Waals surface area contributed by atoms with E-state index in [-0.39, 0.29) is 0 Å². The Hall–Kier alpha value is -1.01. The quantitative estimate of drug-likeness (QED) is 0.317. The van der Waals surface area contributed by atoms with Crippen molar-refractivity contribution >= 4 is 29.1 Å². The molecule has 1 aromatic heterocycles. The molecule has 1 heterocycles. The Morgan fingerprint density at radius 2 is 2.24 bits per heavy atom. The average molecular weight is 327 g/mol. The van der Waals surface area contributed by atoms with Crippen LogP contribution in [0.1, 0.15) is 22.5 Å². The summed E-state index contributed by atoms with van der Waals surface area (Å²) in [5.74, 6) is 2.90. The van der Waals surface area contributed by atoms with Gasteiger partial charge < -0.3 is 10.6 Å². The number of aryl methyl sites for hydroxylation is 2. The van der Waals surface area contributed by atoms with Crippen LogP contribution in [0.2, 0.25) is 0 Å². The van der Waals surface area contributed by atoms with Crippen LogP contribution in [-0.4, -0.2) is 42.1 Å². The van der Waals surface area contributed by atoms with Crippen LogP contribution in [0.15, 0.2) is 17.6 Å². The third-order valence-corrected chi connectivity index (χ3v) is 4.86. The van der Waals surface area contributed by atoms with Gasteiger partial charge in [-0.05, 0) is 20.8 Å². The Morgan fingerprint density at radius 3 is 2.86 bits per heavy atom. The number of thioether (sulfide) groups is 1. The fourth-order valence-corrected chi connectivity index (χ4v) is 3.15. The first-order chi connectivity index (χ1) is 10.2. The minimum absolute atomic E-state index is 0.823. The molecule has 0 unspecified atom stereocenters. The molecule has 1 rings (SSSR count). The molecule has 0 spiro atoms. The van der Waals surface area contributed by atoms with E-state index in [2.05, 4.69) is 48.0 Å². The van der Waals surface area contributed by atoms with Gasteiger partial charge in [0.1, 0.15) is 0 Å². The number of hydrogen-bond acceptors (Lipinski definition) is 4. The van der Waals surface area contributed by atoms with E-state index in [4.69, 9.17) is 0 Å². The number of guanidine groups is 1. The molecule has 0 aromatic carbocycles. The van der Waals surface area contributed by atoms with E-state index < -0.39 is 0 Å². The summed E-state index contributed by atoms with van der Waals surface area (Å²) in [6.07, 6.45) is 2.87. The van der Waals surface area contributed by atoms with Crippen molar-refractivity contribution in [2.75, 3.05) is 31.1 Å². The maximum Gasteiger partial charge on any atom is 0.191 e. The highest BCUT2D eigenvalue weighted by Crippen LogP contribution is 2.16. The minimum Gasteiger partial charge on any atom is -0.357 e. The van der Waals surface area contributed by atoms with Crippen molar-refractivity contribution < 1.29 is 0 Å². The van der Waals surface area contributed by atoms with Crippen LogP contribution in [0.25, 0.3) is 0 Å². The molecule has 0 saturated carbocycles. The molecule has 21 heavy (non-hydrogen) atoms. The highest BCUT2D eigenvalue weighted by Gasteiger charge is 2.03. The van der Waals surface area contributed by atoms with Gasteiger partial charge >= 0.3 is 0 Å². The SMILES string of the molecule is C=CCSCCN=C(NCC)NCCc1nc(C)c(C)s1.